The number of nitrogens with two attached hydrogens (primary N) is 1. The summed E-state index contributed by atoms with van der Waals surface area (Å²) in [5, 5.41) is 0. The summed E-state index contributed by atoms with van der Waals surface area (Å²) in [6.45, 7) is 7.02. The summed E-state index contributed by atoms with van der Waals surface area (Å²) in [6, 6.07) is 6.01. The summed E-state index contributed by atoms with van der Waals surface area (Å²) in [4.78, 5) is 0. The normalized spacial score (nSPS) is 11.9. The van der Waals surface area contributed by atoms with E-state index in [9.17, 15) is 0 Å². The standard InChI is InChI=1S/C15H25NO2.ClH/c1-5-18-15-10-12(7-9-14(15)17-4)13(16)8-6-11(2)3;/h7,9-11,13H,5-6,8,16H2,1-4H3;1H/t13-;/m0./s1. The van der Waals surface area contributed by atoms with Crippen LogP contribution in [0.1, 0.15) is 45.2 Å². The highest BCUT2D eigenvalue weighted by molar-refractivity contribution is 5.85. The Kier molecular flexibility index (Phi) is 8.61. The monoisotopic (exact) mass is 287 g/mol. The Morgan fingerprint density at radius 1 is 1.16 bits per heavy atom. The molecule has 0 amide bonds. The van der Waals surface area contributed by atoms with E-state index in [0.29, 0.717) is 12.5 Å². The first-order chi connectivity index (χ1) is 8.58. The van der Waals surface area contributed by atoms with E-state index in [1.54, 1.807) is 7.11 Å². The van der Waals surface area contributed by atoms with Gasteiger partial charge in [-0.3, -0.25) is 0 Å². The minimum atomic E-state index is 0. The summed E-state index contributed by atoms with van der Waals surface area (Å²) < 4.78 is 10.8. The van der Waals surface area contributed by atoms with Gasteiger partial charge in [-0.25, -0.2) is 0 Å². The van der Waals surface area contributed by atoms with Gasteiger partial charge in [0.05, 0.1) is 13.7 Å². The lowest BCUT2D eigenvalue weighted by Crippen LogP contribution is -2.11. The van der Waals surface area contributed by atoms with Gasteiger partial charge in [0.25, 0.3) is 0 Å². The number of rotatable bonds is 7. The van der Waals surface area contributed by atoms with Crippen molar-refractivity contribution < 1.29 is 9.47 Å². The second-order valence-electron chi connectivity index (χ2n) is 4.92. The maximum absolute atomic E-state index is 6.20. The molecule has 0 aliphatic heterocycles. The molecule has 0 unspecified atom stereocenters. The molecule has 1 rings (SSSR count). The number of hydrogen-bond donors (Lipinski definition) is 1. The van der Waals surface area contributed by atoms with Crippen molar-refractivity contribution in [2.45, 2.75) is 39.7 Å². The highest BCUT2D eigenvalue weighted by Gasteiger charge is 2.11. The van der Waals surface area contributed by atoms with Gasteiger partial charge in [-0.05, 0) is 43.4 Å². The van der Waals surface area contributed by atoms with Gasteiger partial charge in [0.2, 0.25) is 0 Å². The number of halogens is 1. The van der Waals surface area contributed by atoms with Crippen LogP contribution in [0, 0.1) is 5.92 Å². The van der Waals surface area contributed by atoms with Gasteiger partial charge in [0.1, 0.15) is 0 Å². The largest absolute Gasteiger partial charge is 0.493 e. The van der Waals surface area contributed by atoms with Gasteiger partial charge in [-0.1, -0.05) is 19.9 Å². The molecule has 4 heteroatoms. The molecule has 0 aliphatic carbocycles. The van der Waals surface area contributed by atoms with Crippen molar-refractivity contribution >= 4 is 12.4 Å². The molecule has 1 aromatic carbocycles. The van der Waals surface area contributed by atoms with E-state index in [4.69, 9.17) is 15.2 Å². The maximum Gasteiger partial charge on any atom is 0.161 e. The van der Waals surface area contributed by atoms with Crippen LogP contribution < -0.4 is 15.2 Å². The zero-order valence-electron chi connectivity index (χ0n) is 12.3. The average molecular weight is 288 g/mol. The van der Waals surface area contributed by atoms with Crippen LogP contribution in [0.5, 0.6) is 11.5 Å². The molecule has 0 saturated heterocycles. The van der Waals surface area contributed by atoms with Crippen LogP contribution >= 0.6 is 12.4 Å². The third-order valence-electron chi connectivity index (χ3n) is 2.97. The summed E-state index contributed by atoms with van der Waals surface area (Å²) in [5.41, 5.74) is 7.31. The van der Waals surface area contributed by atoms with E-state index in [1.165, 1.54) is 0 Å². The first-order valence-electron chi connectivity index (χ1n) is 6.64. The summed E-state index contributed by atoms with van der Waals surface area (Å²) in [5.74, 6) is 2.22. The lowest BCUT2D eigenvalue weighted by molar-refractivity contribution is 0.310. The van der Waals surface area contributed by atoms with Crippen molar-refractivity contribution in [3.63, 3.8) is 0 Å². The highest BCUT2D eigenvalue weighted by Crippen LogP contribution is 2.31. The Morgan fingerprint density at radius 2 is 1.84 bits per heavy atom. The molecule has 1 atom stereocenters. The van der Waals surface area contributed by atoms with Crippen molar-refractivity contribution in [1.82, 2.24) is 0 Å². The molecule has 0 aromatic heterocycles. The van der Waals surface area contributed by atoms with E-state index in [1.807, 2.05) is 25.1 Å². The fraction of sp³-hybridized carbons (Fsp3) is 0.600. The van der Waals surface area contributed by atoms with Crippen LogP contribution in [-0.2, 0) is 0 Å². The van der Waals surface area contributed by atoms with E-state index in [0.717, 1.165) is 29.9 Å². The molecule has 19 heavy (non-hydrogen) atoms. The average Bonchev–Trinajstić information content (AvgIpc) is 2.36. The van der Waals surface area contributed by atoms with Crippen LogP contribution in [0.2, 0.25) is 0 Å². The number of ether oxygens (including phenoxy) is 2. The van der Waals surface area contributed by atoms with Crippen molar-refractivity contribution in [2.24, 2.45) is 11.7 Å². The van der Waals surface area contributed by atoms with Crippen molar-refractivity contribution in [1.29, 1.82) is 0 Å². The maximum atomic E-state index is 6.20. The minimum absolute atomic E-state index is 0. The van der Waals surface area contributed by atoms with Crippen LogP contribution in [0.25, 0.3) is 0 Å². The Bertz CT molecular complexity index is 369. The molecule has 0 radical (unpaired) electrons. The Morgan fingerprint density at radius 3 is 2.37 bits per heavy atom. The molecule has 0 aliphatic rings. The molecule has 0 heterocycles. The van der Waals surface area contributed by atoms with Gasteiger partial charge in [0.15, 0.2) is 11.5 Å². The molecule has 110 valence electrons. The zero-order chi connectivity index (χ0) is 13.5. The fourth-order valence-electron chi connectivity index (χ4n) is 1.87. The van der Waals surface area contributed by atoms with Crippen LogP contribution in [0.15, 0.2) is 18.2 Å². The smallest absolute Gasteiger partial charge is 0.161 e. The lowest BCUT2D eigenvalue weighted by Gasteiger charge is -2.16. The molecule has 0 saturated carbocycles. The first-order valence-corrected chi connectivity index (χ1v) is 6.64. The third-order valence-corrected chi connectivity index (χ3v) is 2.97. The lowest BCUT2D eigenvalue weighted by atomic mass is 9.98. The minimum Gasteiger partial charge on any atom is -0.493 e. The predicted octanol–water partition coefficient (Wildman–Crippen LogP) is 3.95. The SMILES string of the molecule is CCOc1cc([C@@H](N)CCC(C)C)ccc1OC.Cl. The molecule has 3 nitrogen and oxygen atoms in total. The molecule has 1 aromatic rings. The third kappa shape index (κ3) is 5.70. The fourth-order valence-corrected chi connectivity index (χ4v) is 1.87. The van der Waals surface area contributed by atoms with E-state index in [-0.39, 0.29) is 18.4 Å². The number of hydrogen-bond acceptors (Lipinski definition) is 3. The van der Waals surface area contributed by atoms with Gasteiger partial charge < -0.3 is 15.2 Å². The Hall–Kier alpha value is -0.930. The van der Waals surface area contributed by atoms with Crippen LogP contribution in [0.4, 0.5) is 0 Å². The van der Waals surface area contributed by atoms with E-state index < -0.39 is 0 Å². The predicted molar refractivity (Wildman–Crippen MR) is 82.4 cm³/mol. The van der Waals surface area contributed by atoms with E-state index in [2.05, 4.69) is 13.8 Å². The zero-order valence-corrected chi connectivity index (χ0v) is 13.1. The van der Waals surface area contributed by atoms with Gasteiger partial charge in [0, 0.05) is 6.04 Å². The van der Waals surface area contributed by atoms with Gasteiger partial charge in [-0.2, -0.15) is 0 Å². The second kappa shape index (κ2) is 9.05. The second-order valence-corrected chi connectivity index (χ2v) is 4.92. The Labute approximate surface area is 122 Å². The summed E-state index contributed by atoms with van der Waals surface area (Å²) >= 11 is 0. The summed E-state index contributed by atoms with van der Waals surface area (Å²) in [7, 11) is 1.65. The highest BCUT2D eigenvalue weighted by atomic mass is 35.5. The molecule has 0 spiro atoms. The first kappa shape index (κ1) is 18.1. The summed E-state index contributed by atoms with van der Waals surface area (Å²) in [6.07, 6.45) is 2.13. The van der Waals surface area contributed by atoms with E-state index >= 15 is 0 Å². The van der Waals surface area contributed by atoms with Crippen LogP contribution in [0.3, 0.4) is 0 Å². The van der Waals surface area contributed by atoms with Gasteiger partial charge in [-0.15, -0.1) is 12.4 Å². The molecular weight excluding hydrogens is 262 g/mol. The van der Waals surface area contributed by atoms with Crippen molar-refractivity contribution in [2.75, 3.05) is 13.7 Å². The topological polar surface area (TPSA) is 44.5 Å². The van der Waals surface area contributed by atoms with Crippen molar-refractivity contribution in [3.05, 3.63) is 23.8 Å². The molecule has 0 fully saturated rings. The quantitative estimate of drug-likeness (QED) is 0.826. The Balaban J connectivity index is 0.00000324. The van der Waals surface area contributed by atoms with Crippen LogP contribution in [-0.4, -0.2) is 13.7 Å². The molecule has 0 bridgehead atoms. The van der Waals surface area contributed by atoms with Gasteiger partial charge >= 0.3 is 0 Å². The molecule has 2 N–H and O–H groups in total. The number of methoxy groups -OCH3 is 1. The number of benzene rings is 1. The van der Waals surface area contributed by atoms with Crippen molar-refractivity contribution in [3.8, 4) is 11.5 Å². The molecular formula is C15H26ClNO2.